The molecule has 0 aliphatic heterocycles. The summed E-state index contributed by atoms with van der Waals surface area (Å²) >= 11 is 0. The summed E-state index contributed by atoms with van der Waals surface area (Å²) in [4.78, 5) is 0. The molecule has 0 spiro atoms. The summed E-state index contributed by atoms with van der Waals surface area (Å²) in [6.45, 7) is 0. The van der Waals surface area contributed by atoms with Gasteiger partial charge in [-0.3, -0.25) is 4.21 Å². The second-order valence-corrected chi connectivity index (χ2v) is 6.57. The van der Waals surface area contributed by atoms with Gasteiger partial charge in [-0.15, -0.1) is 0 Å². The zero-order chi connectivity index (χ0) is 9.97. The molecule has 2 saturated carbocycles. The molecule has 0 aromatic carbocycles. The first-order valence-corrected chi connectivity index (χ1v) is 7.28. The summed E-state index contributed by atoms with van der Waals surface area (Å²) < 4.78 is 12.0. The van der Waals surface area contributed by atoms with E-state index in [1.54, 1.807) is 0 Å². The lowest BCUT2D eigenvalue weighted by Gasteiger charge is -2.22. The fourth-order valence-corrected chi connectivity index (χ4v) is 4.10. The van der Waals surface area contributed by atoms with E-state index in [-0.39, 0.29) is 6.04 Å². The average Bonchev–Trinajstić information content (AvgIpc) is 3.02. The third-order valence-corrected chi connectivity index (χ3v) is 5.44. The van der Waals surface area contributed by atoms with Crippen LogP contribution in [0, 0.1) is 5.92 Å². The van der Waals surface area contributed by atoms with Crippen LogP contribution in [0.25, 0.3) is 0 Å². The molecule has 14 heavy (non-hydrogen) atoms. The largest absolute Gasteiger partial charge is 0.327 e. The molecule has 2 aliphatic carbocycles. The second-order valence-electron chi connectivity index (χ2n) is 4.81. The fraction of sp³-hybridized carbons (Fsp3) is 1.00. The van der Waals surface area contributed by atoms with Crippen LogP contribution in [0.5, 0.6) is 0 Å². The van der Waals surface area contributed by atoms with Crippen molar-refractivity contribution in [2.45, 2.75) is 56.2 Å². The minimum Gasteiger partial charge on any atom is -0.327 e. The van der Waals surface area contributed by atoms with Gasteiger partial charge in [0.05, 0.1) is 0 Å². The van der Waals surface area contributed by atoms with Gasteiger partial charge < -0.3 is 5.73 Å². The smallest absolute Gasteiger partial charge is 0.0392 e. The van der Waals surface area contributed by atoms with Crippen molar-refractivity contribution in [3.05, 3.63) is 0 Å². The van der Waals surface area contributed by atoms with Gasteiger partial charge in [0.15, 0.2) is 0 Å². The van der Waals surface area contributed by atoms with Gasteiger partial charge in [-0.05, 0) is 31.6 Å². The summed E-state index contributed by atoms with van der Waals surface area (Å²) in [6, 6.07) is 0.220. The molecule has 2 unspecified atom stereocenters. The summed E-state index contributed by atoms with van der Waals surface area (Å²) in [5, 5.41) is 0.466. The lowest BCUT2D eigenvalue weighted by atomic mass is 10.0. The quantitative estimate of drug-likeness (QED) is 0.777. The van der Waals surface area contributed by atoms with E-state index in [0.717, 1.165) is 5.75 Å². The molecule has 0 radical (unpaired) electrons. The predicted octanol–water partition coefficient (Wildman–Crippen LogP) is 1.81. The molecule has 82 valence electrons. The maximum Gasteiger partial charge on any atom is 0.0392 e. The van der Waals surface area contributed by atoms with Crippen LogP contribution in [-0.2, 0) is 10.8 Å². The first-order chi connectivity index (χ1) is 6.77. The Morgan fingerprint density at radius 3 is 2.36 bits per heavy atom. The molecular weight excluding hydrogens is 194 g/mol. The fourth-order valence-electron chi connectivity index (χ4n) is 2.31. The molecule has 2 rings (SSSR count). The summed E-state index contributed by atoms with van der Waals surface area (Å²) in [6.07, 6.45) is 8.76. The van der Waals surface area contributed by atoms with E-state index in [4.69, 9.17) is 5.73 Å². The maximum absolute atomic E-state index is 12.0. The molecule has 2 nitrogen and oxygen atoms in total. The van der Waals surface area contributed by atoms with Gasteiger partial charge in [-0.25, -0.2) is 0 Å². The van der Waals surface area contributed by atoms with Gasteiger partial charge >= 0.3 is 0 Å². The third kappa shape index (κ3) is 2.80. The standard InChI is InChI=1S/C11H21NOS/c12-11(9-6-7-9)8-14(13)10-4-2-1-3-5-10/h9-11H,1-8,12H2. The van der Waals surface area contributed by atoms with Crippen LogP contribution in [0.2, 0.25) is 0 Å². The van der Waals surface area contributed by atoms with Gasteiger partial charge in [-0.1, -0.05) is 19.3 Å². The van der Waals surface area contributed by atoms with Gasteiger partial charge in [0, 0.05) is 27.8 Å². The van der Waals surface area contributed by atoms with Gasteiger partial charge in [-0.2, -0.15) is 0 Å². The Kier molecular flexibility index (Phi) is 3.61. The highest BCUT2D eigenvalue weighted by Crippen LogP contribution is 2.32. The first kappa shape index (κ1) is 10.6. The highest BCUT2D eigenvalue weighted by atomic mass is 32.2. The van der Waals surface area contributed by atoms with E-state index >= 15 is 0 Å². The van der Waals surface area contributed by atoms with Crippen molar-refractivity contribution >= 4 is 10.8 Å². The number of nitrogens with two attached hydrogens (primary N) is 1. The Morgan fingerprint density at radius 2 is 1.79 bits per heavy atom. The van der Waals surface area contributed by atoms with Crippen LogP contribution in [0.15, 0.2) is 0 Å². The van der Waals surface area contributed by atoms with Crippen LogP contribution in [0.3, 0.4) is 0 Å². The Balaban J connectivity index is 1.75. The summed E-state index contributed by atoms with van der Waals surface area (Å²) in [7, 11) is -0.642. The highest BCUT2D eigenvalue weighted by molar-refractivity contribution is 7.85. The normalized spacial score (nSPS) is 28.6. The van der Waals surface area contributed by atoms with E-state index in [2.05, 4.69) is 0 Å². The topological polar surface area (TPSA) is 43.1 Å². The number of hydrogen-bond donors (Lipinski definition) is 1. The van der Waals surface area contributed by atoms with Crippen molar-refractivity contribution in [3.63, 3.8) is 0 Å². The van der Waals surface area contributed by atoms with Crippen LogP contribution >= 0.6 is 0 Å². The van der Waals surface area contributed by atoms with Crippen LogP contribution in [0.1, 0.15) is 44.9 Å². The van der Waals surface area contributed by atoms with Crippen molar-refractivity contribution in [2.75, 3.05) is 5.75 Å². The van der Waals surface area contributed by atoms with E-state index in [9.17, 15) is 4.21 Å². The molecule has 2 fully saturated rings. The van der Waals surface area contributed by atoms with Gasteiger partial charge in [0.25, 0.3) is 0 Å². The molecule has 2 atom stereocenters. The zero-order valence-electron chi connectivity index (χ0n) is 8.78. The van der Waals surface area contributed by atoms with Crippen LogP contribution < -0.4 is 5.73 Å². The Labute approximate surface area is 89.1 Å². The lowest BCUT2D eigenvalue weighted by molar-refractivity contribution is 0.502. The molecule has 2 N–H and O–H groups in total. The molecule has 0 aromatic rings. The Morgan fingerprint density at radius 1 is 1.14 bits per heavy atom. The molecule has 0 aromatic heterocycles. The van der Waals surface area contributed by atoms with Crippen molar-refractivity contribution in [1.82, 2.24) is 0 Å². The Hall–Kier alpha value is 0.110. The third-order valence-electron chi connectivity index (χ3n) is 3.51. The maximum atomic E-state index is 12.0. The molecule has 2 aliphatic rings. The van der Waals surface area contributed by atoms with E-state index in [1.165, 1.54) is 44.9 Å². The minimum absolute atomic E-state index is 0.220. The Bertz CT molecular complexity index is 209. The second kappa shape index (κ2) is 4.75. The molecule has 0 bridgehead atoms. The molecule has 0 heterocycles. The van der Waals surface area contributed by atoms with Crippen LogP contribution in [0.4, 0.5) is 0 Å². The van der Waals surface area contributed by atoms with Crippen molar-refractivity contribution in [2.24, 2.45) is 11.7 Å². The van der Waals surface area contributed by atoms with E-state index < -0.39 is 10.8 Å². The first-order valence-electron chi connectivity index (χ1n) is 5.90. The highest BCUT2D eigenvalue weighted by Gasteiger charge is 2.31. The van der Waals surface area contributed by atoms with Crippen LogP contribution in [-0.4, -0.2) is 21.3 Å². The summed E-state index contributed by atoms with van der Waals surface area (Å²) in [5.74, 6) is 1.46. The summed E-state index contributed by atoms with van der Waals surface area (Å²) in [5.41, 5.74) is 5.99. The average molecular weight is 215 g/mol. The monoisotopic (exact) mass is 215 g/mol. The van der Waals surface area contributed by atoms with Gasteiger partial charge in [0.1, 0.15) is 0 Å². The van der Waals surface area contributed by atoms with E-state index in [1.807, 2.05) is 0 Å². The molecular formula is C11H21NOS. The van der Waals surface area contributed by atoms with Crippen molar-refractivity contribution in [1.29, 1.82) is 0 Å². The molecule has 3 heteroatoms. The van der Waals surface area contributed by atoms with Crippen molar-refractivity contribution < 1.29 is 4.21 Å². The zero-order valence-corrected chi connectivity index (χ0v) is 9.60. The molecule has 0 saturated heterocycles. The minimum atomic E-state index is -0.642. The van der Waals surface area contributed by atoms with E-state index in [0.29, 0.717) is 11.2 Å². The molecule has 0 amide bonds. The number of rotatable bonds is 4. The predicted molar refractivity (Wildman–Crippen MR) is 60.6 cm³/mol. The van der Waals surface area contributed by atoms with Crippen molar-refractivity contribution in [3.8, 4) is 0 Å². The SMILES string of the molecule is NC(CS(=O)C1CCCCC1)C1CC1. The lowest BCUT2D eigenvalue weighted by Crippen LogP contribution is -2.33. The number of hydrogen-bond acceptors (Lipinski definition) is 2. The van der Waals surface area contributed by atoms with Gasteiger partial charge in [0.2, 0.25) is 0 Å².